The van der Waals surface area contributed by atoms with E-state index in [0.29, 0.717) is 37.6 Å². The molecule has 7 heteroatoms. The van der Waals surface area contributed by atoms with Gasteiger partial charge in [-0.1, -0.05) is 36.4 Å². The highest BCUT2D eigenvalue weighted by molar-refractivity contribution is 5.92. The summed E-state index contributed by atoms with van der Waals surface area (Å²) in [5.41, 5.74) is 7.36. The van der Waals surface area contributed by atoms with E-state index in [9.17, 15) is 4.79 Å². The number of carbonyl (C=O) groups excluding carboxylic acids is 1. The number of rotatable bonds is 4. The first kappa shape index (κ1) is 17.2. The van der Waals surface area contributed by atoms with Gasteiger partial charge in [-0.05, 0) is 24.1 Å². The predicted molar refractivity (Wildman–Crippen MR) is 102 cm³/mol. The van der Waals surface area contributed by atoms with Crippen molar-refractivity contribution in [2.24, 2.45) is 0 Å². The second-order valence-electron chi connectivity index (χ2n) is 6.64. The van der Waals surface area contributed by atoms with Crippen molar-refractivity contribution in [3.8, 4) is 0 Å². The van der Waals surface area contributed by atoms with Gasteiger partial charge in [0.25, 0.3) is 5.91 Å². The van der Waals surface area contributed by atoms with E-state index in [-0.39, 0.29) is 5.91 Å². The minimum absolute atomic E-state index is 0.0997. The molecule has 138 valence electrons. The number of amides is 1. The number of fused-ring (bicyclic) bond motifs is 1. The number of hydrogen-bond acceptors (Lipinski definition) is 5. The van der Waals surface area contributed by atoms with Crippen LogP contribution >= 0.6 is 0 Å². The first-order chi connectivity index (χ1) is 13.2. The van der Waals surface area contributed by atoms with Crippen LogP contribution in [0.25, 0.3) is 0 Å². The molecule has 0 saturated carbocycles. The van der Waals surface area contributed by atoms with Gasteiger partial charge in [0.1, 0.15) is 17.3 Å². The molecule has 1 aliphatic heterocycles. The van der Waals surface area contributed by atoms with E-state index in [1.165, 1.54) is 5.56 Å². The third-order valence-corrected chi connectivity index (χ3v) is 4.74. The van der Waals surface area contributed by atoms with Gasteiger partial charge in [-0.15, -0.1) is 0 Å². The molecule has 4 rings (SSSR count). The zero-order valence-corrected chi connectivity index (χ0v) is 15.1. The second-order valence-corrected chi connectivity index (χ2v) is 6.64. The number of hydrogen-bond donors (Lipinski definition) is 1. The summed E-state index contributed by atoms with van der Waals surface area (Å²) in [6, 6.07) is 15.5. The lowest BCUT2D eigenvalue weighted by Gasteiger charge is -2.19. The van der Waals surface area contributed by atoms with Crippen molar-refractivity contribution in [1.82, 2.24) is 24.6 Å². The highest BCUT2D eigenvalue weighted by atomic mass is 16.2. The summed E-state index contributed by atoms with van der Waals surface area (Å²) in [6.07, 6.45) is 2.43. The van der Waals surface area contributed by atoms with Gasteiger partial charge < -0.3 is 10.6 Å². The van der Waals surface area contributed by atoms with Crippen LogP contribution in [0.15, 0.2) is 48.5 Å². The average molecular weight is 362 g/mol. The van der Waals surface area contributed by atoms with Crippen LogP contribution in [0.4, 0.5) is 5.82 Å². The molecule has 0 bridgehead atoms. The fraction of sp³-hybridized carbons (Fsp3) is 0.300. The maximum absolute atomic E-state index is 12.7. The standard InChI is InChI=1S/C20H22N6O/c21-17-8-4-7-16(22-17)20(27)25-12-11-19-23-18(24-26(19)14-13-25)10-9-15-5-2-1-3-6-15/h1-8H,9-14H2,(H2,21,22). The fourth-order valence-electron chi connectivity index (χ4n) is 3.29. The quantitative estimate of drug-likeness (QED) is 0.763. The Balaban J connectivity index is 1.39. The number of aryl methyl sites for hydroxylation is 2. The van der Waals surface area contributed by atoms with Crippen LogP contribution in [-0.4, -0.2) is 43.6 Å². The average Bonchev–Trinajstić information content (AvgIpc) is 2.98. The monoisotopic (exact) mass is 362 g/mol. The van der Waals surface area contributed by atoms with Crippen molar-refractivity contribution < 1.29 is 4.79 Å². The van der Waals surface area contributed by atoms with Crippen LogP contribution in [0.5, 0.6) is 0 Å². The van der Waals surface area contributed by atoms with Gasteiger partial charge in [-0.25, -0.2) is 14.6 Å². The zero-order valence-electron chi connectivity index (χ0n) is 15.1. The Morgan fingerprint density at radius 3 is 2.63 bits per heavy atom. The summed E-state index contributed by atoms with van der Waals surface area (Å²) in [7, 11) is 0. The summed E-state index contributed by atoms with van der Waals surface area (Å²) in [4.78, 5) is 23.3. The van der Waals surface area contributed by atoms with Gasteiger partial charge in [0, 0.05) is 25.9 Å². The summed E-state index contributed by atoms with van der Waals surface area (Å²) in [5.74, 6) is 2.06. The van der Waals surface area contributed by atoms with Gasteiger partial charge in [0.05, 0.1) is 6.54 Å². The summed E-state index contributed by atoms with van der Waals surface area (Å²) in [5, 5.41) is 4.64. The molecule has 2 aromatic heterocycles. The lowest BCUT2D eigenvalue weighted by molar-refractivity contribution is 0.0752. The first-order valence-electron chi connectivity index (χ1n) is 9.17. The van der Waals surface area contributed by atoms with E-state index >= 15 is 0 Å². The number of nitrogens with zero attached hydrogens (tertiary/aromatic N) is 5. The number of pyridine rings is 1. The van der Waals surface area contributed by atoms with Crippen molar-refractivity contribution in [3.63, 3.8) is 0 Å². The number of benzene rings is 1. The van der Waals surface area contributed by atoms with E-state index in [4.69, 9.17) is 5.73 Å². The lowest BCUT2D eigenvalue weighted by Crippen LogP contribution is -2.34. The first-order valence-corrected chi connectivity index (χ1v) is 9.17. The molecule has 1 aliphatic rings. The van der Waals surface area contributed by atoms with Gasteiger partial charge >= 0.3 is 0 Å². The second kappa shape index (κ2) is 7.57. The minimum atomic E-state index is -0.0997. The molecule has 0 spiro atoms. The molecule has 0 aliphatic carbocycles. The Morgan fingerprint density at radius 2 is 1.81 bits per heavy atom. The summed E-state index contributed by atoms with van der Waals surface area (Å²) >= 11 is 0. The van der Waals surface area contributed by atoms with Crippen molar-refractivity contribution in [3.05, 3.63) is 71.4 Å². The number of nitrogen functional groups attached to an aromatic ring is 1. The highest BCUT2D eigenvalue weighted by Gasteiger charge is 2.22. The number of anilines is 1. The van der Waals surface area contributed by atoms with E-state index in [0.717, 1.165) is 24.5 Å². The van der Waals surface area contributed by atoms with Crippen LogP contribution in [-0.2, 0) is 25.8 Å². The SMILES string of the molecule is Nc1cccc(C(=O)N2CCc3nc(CCc4ccccc4)nn3CC2)n1. The molecule has 0 fully saturated rings. The maximum Gasteiger partial charge on any atom is 0.272 e. The third kappa shape index (κ3) is 3.97. The molecule has 0 atom stereocenters. The number of aromatic nitrogens is 4. The predicted octanol–water partition coefficient (Wildman–Crippen LogP) is 1.74. The molecule has 0 unspecified atom stereocenters. The van der Waals surface area contributed by atoms with Crippen LogP contribution in [0, 0.1) is 0 Å². The van der Waals surface area contributed by atoms with Crippen molar-refractivity contribution in [2.75, 3.05) is 18.8 Å². The smallest absolute Gasteiger partial charge is 0.272 e. The van der Waals surface area contributed by atoms with Crippen LogP contribution in [0.1, 0.15) is 27.7 Å². The Kier molecular flexibility index (Phi) is 4.82. The minimum Gasteiger partial charge on any atom is -0.384 e. The largest absolute Gasteiger partial charge is 0.384 e. The molecule has 1 amide bonds. The summed E-state index contributed by atoms with van der Waals surface area (Å²) < 4.78 is 1.93. The molecule has 7 nitrogen and oxygen atoms in total. The summed E-state index contributed by atoms with van der Waals surface area (Å²) in [6.45, 7) is 1.83. The molecular weight excluding hydrogens is 340 g/mol. The lowest BCUT2D eigenvalue weighted by atomic mass is 10.1. The van der Waals surface area contributed by atoms with Crippen LogP contribution < -0.4 is 5.73 Å². The Labute approximate surface area is 157 Å². The maximum atomic E-state index is 12.7. The highest BCUT2D eigenvalue weighted by Crippen LogP contribution is 2.12. The molecule has 0 saturated heterocycles. The fourth-order valence-corrected chi connectivity index (χ4v) is 3.29. The van der Waals surface area contributed by atoms with E-state index in [2.05, 4.69) is 27.2 Å². The molecule has 27 heavy (non-hydrogen) atoms. The van der Waals surface area contributed by atoms with E-state index in [1.807, 2.05) is 22.9 Å². The van der Waals surface area contributed by atoms with Crippen molar-refractivity contribution in [1.29, 1.82) is 0 Å². The molecule has 0 radical (unpaired) electrons. The van der Waals surface area contributed by atoms with Crippen molar-refractivity contribution in [2.45, 2.75) is 25.8 Å². The normalized spacial score (nSPS) is 13.9. The van der Waals surface area contributed by atoms with E-state index < -0.39 is 0 Å². The number of nitrogens with two attached hydrogens (primary N) is 1. The molecule has 3 heterocycles. The molecule has 1 aromatic carbocycles. The molecular formula is C20H22N6O. The van der Waals surface area contributed by atoms with Gasteiger partial charge in [-0.2, -0.15) is 5.10 Å². The Hall–Kier alpha value is -3.22. The van der Waals surface area contributed by atoms with Crippen molar-refractivity contribution >= 4 is 11.7 Å². The van der Waals surface area contributed by atoms with Gasteiger partial charge in [-0.3, -0.25) is 4.79 Å². The zero-order chi connectivity index (χ0) is 18.6. The Morgan fingerprint density at radius 1 is 0.963 bits per heavy atom. The topological polar surface area (TPSA) is 89.9 Å². The third-order valence-electron chi connectivity index (χ3n) is 4.74. The van der Waals surface area contributed by atoms with Crippen LogP contribution in [0.3, 0.4) is 0 Å². The van der Waals surface area contributed by atoms with Gasteiger partial charge in [0.2, 0.25) is 0 Å². The van der Waals surface area contributed by atoms with Crippen LogP contribution in [0.2, 0.25) is 0 Å². The number of carbonyl (C=O) groups is 1. The molecule has 2 N–H and O–H groups in total. The molecule has 3 aromatic rings. The van der Waals surface area contributed by atoms with E-state index in [1.54, 1.807) is 23.1 Å². The van der Waals surface area contributed by atoms with Gasteiger partial charge in [0.15, 0.2) is 5.82 Å². The Bertz CT molecular complexity index is 911.